The minimum Gasteiger partial charge on any atom is -0.370 e. The summed E-state index contributed by atoms with van der Waals surface area (Å²) in [7, 11) is 0. The summed E-state index contributed by atoms with van der Waals surface area (Å²) in [5, 5.41) is 9.07. The Bertz CT molecular complexity index is 480. The second-order valence-corrected chi connectivity index (χ2v) is 4.74. The Kier molecular flexibility index (Phi) is 3.98. The Hall–Kier alpha value is -1.70. The van der Waals surface area contributed by atoms with Crippen molar-refractivity contribution in [1.29, 1.82) is 5.26 Å². The first kappa shape index (κ1) is 13.7. The van der Waals surface area contributed by atoms with Crippen LogP contribution in [0.1, 0.15) is 36.8 Å². The average Bonchev–Trinajstić information content (AvgIpc) is 2.65. The molecule has 2 nitrogen and oxygen atoms in total. The van der Waals surface area contributed by atoms with Crippen molar-refractivity contribution in [2.75, 3.05) is 18.0 Å². The van der Waals surface area contributed by atoms with Gasteiger partial charge in [-0.25, -0.2) is 0 Å². The SMILES string of the molecule is N#Cc1cc(C(F)(F)F)ccc1N1CCCCCC1. The molecule has 0 unspecified atom stereocenters. The Morgan fingerprint density at radius 2 is 1.68 bits per heavy atom. The summed E-state index contributed by atoms with van der Waals surface area (Å²) >= 11 is 0. The molecule has 0 aliphatic carbocycles. The quantitative estimate of drug-likeness (QED) is 0.771. The zero-order chi connectivity index (χ0) is 13.9. The second-order valence-electron chi connectivity index (χ2n) is 4.74. The Labute approximate surface area is 110 Å². The van der Waals surface area contributed by atoms with Crippen molar-refractivity contribution in [2.45, 2.75) is 31.9 Å². The highest BCUT2D eigenvalue weighted by atomic mass is 19.4. The highest BCUT2D eigenvalue weighted by Crippen LogP contribution is 2.33. The van der Waals surface area contributed by atoms with Gasteiger partial charge in [0.1, 0.15) is 6.07 Å². The number of rotatable bonds is 1. The summed E-state index contributed by atoms with van der Waals surface area (Å²) in [5.41, 5.74) is -0.0308. The third-order valence-corrected chi connectivity index (χ3v) is 3.39. The van der Waals surface area contributed by atoms with E-state index in [0.717, 1.165) is 50.9 Å². The van der Waals surface area contributed by atoms with Crippen molar-refractivity contribution in [3.63, 3.8) is 0 Å². The third kappa shape index (κ3) is 3.19. The Morgan fingerprint density at radius 3 is 2.21 bits per heavy atom. The first-order chi connectivity index (χ1) is 9.02. The summed E-state index contributed by atoms with van der Waals surface area (Å²) < 4.78 is 37.9. The molecule has 0 bridgehead atoms. The molecule has 1 aromatic carbocycles. The molecule has 1 heterocycles. The Balaban J connectivity index is 2.33. The second kappa shape index (κ2) is 5.52. The van der Waals surface area contributed by atoms with Crippen LogP contribution < -0.4 is 4.90 Å². The fourth-order valence-corrected chi connectivity index (χ4v) is 2.39. The zero-order valence-electron chi connectivity index (χ0n) is 10.5. The van der Waals surface area contributed by atoms with Gasteiger partial charge in [0.05, 0.1) is 16.8 Å². The average molecular weight is 268 g/mol. The largest absolute Gasteiger partial charge is 0.416 e. The van der Waals surface area contributed by atoms with Gasteiger partial charge >= 0.3 is 6.18 Å². The van der Waals surface area contributed by atoms with E-state index in [-0.39, 0.29) is 5.56 Å². The minimum atomic E-state index is -4.40. The fraction of sp³-hybridized carbons (Fsp3) is 0.500. The molecular formula is C14H15F3N2. The molecule has 1 aromatic rings. The molecule has 0 radical (unpaired) electrons. The van der Waals surface area contributed by atoms with Gasteiger partial charge in [0, 0.05) is 13.1 Å². The van der Waals surface area contributed by atoms with Crippen molar-refractivity contribution >= 4 is 5.69 Å². The van der Waals surface area contributed by atoms with Gasteiger partial charge in [-0.2, -0.15) is 18.4 Å². The number of benzene rings is 1. The summed E-state index contributed by atoms with van der Waals surface area (Å²) in [6.07, 6.45) is -0.0846. The van der Waals surface area contributed by atoms with Crippen LogP contribution in [0, 0.1) is 11.3 Å². The lowest BCUT2D eigenvalue weighted by atomic mass is 10.1. The monoisotopic (exact) mass is 268 g/mol. The van der Waals surface area contributed by atoms with Crippen molar-refractivity contribution in [2.24, 2.45) is 0 Å². The number of halogens is 3. The van der Waals surface area contributed by atoms with Crippen LogP contribution in [0.3, 0.4) is 0 Å². The first-order valence-corrected chi connectivity index (χ1v) is 6.38. The zero-order valence-corrected chi connectivity index (χ0v) is 10.5. The van der Waals surface area contributed by atoms with E-state index in [1.165, 1.54) is 6.07 Å². The first-order valence-electron chi connectivity index (χ1n) is 6.38. The normalized spacial score (nSPS) is 16.8. The maximum Gasteiger partial charge on any atom is 0.416 e. The number of nitriles is 1. The van der Waals surface area contributed by atoms with E-state index < -0.39 is 11.7 Å². The molecule has 1 aliphatic rings. The molecule has 0 saturated carbocycles. The van der Waals surface area contributed by atoms with Crippen LogP contribution in [0.2, 0.25) is 0 Å². The summed E-state index contributed by atoms with van der Waals surface area (Å²) in [6, 6.07) is 5.31. The van der Waals surface area contributed by atoms with Gasteiger partial charge in [0.15, 0.2) is 0 Å². The molecular weight excluding hydrogens is 253 g/mol. The van der Waals surface area contributed by atoms with Crippen LogP contribution in [0.15, 0.2) is 18.2 Å². The molecule has 5 heteroatoms. The van der Waals surface area contributed by atoms with E-state index in [1.807, 2.05) is 11.0 Å². The van der Waals surface area contributed by atoms with Gasteiger partial charge in [-0.05, 0) is 31.0 Å². The molecule has 1 fully saturated rings. The van der Waals surface area contributed by atoms with Crippen LogP contribution in [-0.4, -0.2) is 13.1 Å². The molecule has 2 rings (SSSR count). The van der Waals surface area contributed by atoms with Crippen LogP contribution in [0.25, 0.3) is 0 Å². The predicted octanol–water partition coefficient (Wildman–Crippen LogP) is 3.96. The predicted molar refractivity (Wildman–Crippen MR) is 66.8 cm³/mol. The number of nitrogens with zero attached hydrogens (tertiary/aromatic N) is 2. The number of hydrogen-bond donors (Lipinski definition) is 0. The molecule has 102 valence electrons. The highest BCUT2D eigenvalue weighted by molar-refractivity contribution is 5.60. The van der Waals surface area contributed by atoms with Gasteiger partial charge in [-0.1, -0.05) is 12.8 Å². The van der Waals surface area contributed by atoms with Crippen LogP contribution >= 0.6 is 0 Å². The molecule has 19 heavy (non-hydrogen) atoms. The molecule has 0 atom stereocenters. The standard InChI is InChI=1S/C14H15F3N2/c15-14(16,17)12-5-6-13(11(9-12)10-18)19-7-3-1-2-4-8-19/h5-6,9H,1-4,7-8H2. The van der Waals surface area contributed by atoms with Gasteiger partial charge in [-0.3, -0.25) is 0 Å². The number of alkyl halides is 3. The smallest absolute Gasteiger partial charge is 0.370 e. The van der Waals surface area contributed by atoms with Crippen LogP contribution in [0.4, 0.5) is 18.9 Å². The highest BCUT2D eigenvalue weighted by Gasteiger charge is 2.31. The lowest BCUT2D eigenvalue weighted by Crippen LogP contribution is -2.25. The van der Waals surface area contributed by atoms with Crippen LogP contribution in [-0.2, 0) is 6.18 Å². The maximum absolute atomic E-state index is 12.6. The van der Waals surface area contributed by atoms with Gasteiger partial charge in [-0.15, -0.1) is 0 Å². The molecule has 0 N–H and O–H groups in total. The topological polar surface area (TPSA) is 27.0 Å². The molecule has 0 spiro atoms. The molecule has 0 amide bonds. The van der Waals surface area contributed by atoms with Gasteiger partial charge < -0.3 is 4.90 Å². The van der Waals surface area contributed by atoms with E-state index >= 15 is 0 Å². The number of hydrogen-bond acceptors (Lipinski definition) is 2. The summed E-state index contributed by atoms with van der Waals surface area (Å²) in [4.78, 5) is 2.02. The van der Waals surface area contributed by atoms with E-state index in [9.17, 15) is 13.2 Å². The lowest BCUT2D eigenvalue weighted by Gasteiger charge is -2.24. The minimum absolute atomic E-state index is 0.108. The fourth-order valence-electron chi connectivity index (χ4n) is 2.39. The summed E-state index contributed by atoms with van der Waals surface area (Å²) in [5.74, 6) is 0. The van der Waals surface area contributed by atoms with E-state index in [4.69, 9.17) is 5.26 Å². The van der Waals surface area contributed by atoms with Crippen LogP contribution in [0.5, 0.6) is 0 Å². The Morgan fingerprint density at radius 1 is 1.05 bits per heavy atom. The molecule has 1 aliphatic heterocycles. The van der Waals surface area contributed by atoms with Crippen molar-refractivity contribution in [3.8, 4) is 6.07 Å². The van der Waals surface area contributed by atoms with E-state index in [2.05, 4.69) is 0 Å². The maximum atomic E-state index is 12.6. The molecule has 0 aromatic heterocycles. The van der Waals surface area contributed by atoms with Gasteiger partial charge in [0.25, 0.3) is 0 Å². The van der Waals surface area contributed by atoms with Crippen molar-refractivity contribution in [1.82, 2.24) is 0 Å². The van der Waals surface area contributed by atoms with Crippen molar-refractivity contribution < 1.29 is 13.2 Å². The van der Waals surface area contributed by atoms with Gasteiger partial charge in [0.2, 0.25) is 0 Å². The van der Waals surface area contributed by atoms with E-state index in [0.29, 0.717) is 5.69 Å². The number of anilines is 1. The lowest BCUT2D eigenvalue weighted by molar-refractivity contribution is -0.137. The summed E-state index contributed by atoms with van der Waals surface area (Å²) in [6.45, 7) is 1.61. The van der Waals surface area contributed by atoms with Crippen molar-refractivity contribution in [3.05, 3.63) is 29.3 Å². The third-order valence-electron chi connectivity index (χ3n) is 3.39. The molecule has 1 saturated heterocycles. The van der Waals surface area contributed by atoms with E-state index in [1.54, 1.807) is 0 Å².